The monoisotopic (exact) mass is 434 g/mol. The molecule has 0 aliphatic rings. The Morgan fingerprint density at radius 1 is 1.16 bits per heavy atom. The Hall–Kier alpha value is -4.34. The molecule has 0 spiro atoms. The van der Waals surface area contributed by atoms with Gasteiger partial charge in [-0.25, -0.2) is 9.67 Å². The average Bonchev–Trinajstić information content (AvgIpc) is 3.37. The molecule has 10 nitrogen and oxygen atoms in total. The number of rotatable bonds is 7. The third-order valence-electron chi connectivity index (χ3n) is 4.86. The normalized spacial score (nSPS) is 10.7. The summed E-state index contributed by atoms with van der Waals surface area (Å²) in [6, 6.07) is 14.6. The molecule has 0 aliphatic heterocycles. The Morgan fingerprint density at radius 2 is 1.94 bits per heavy atom. The van der Waals surface area contributed by atoms with E-state index in [0.717, 1.165) is 5.56 Å². The molecule has 0 fully saturated rings. The number of amides is 1. The molecule has 0 unspecified atom stereocenters. The molecule has 0 atom stereocenters. The van der Waals surface area contributed by atoms with Gasteiger partial charge in [-0.3, -0.25) is 4.79 Å². The molecule has 2 heterocycles. The predicted molar refractivity (Wildman–Crippen MR) is 118 cm³/mol. The Balaban J connectivity index is 1.53. The molecule has 4 rings (SSSR count). The number of ether oxygens (including phenoxy) is 2. The number of nitrogens with one attached hydrogen (secondary N) is 1. The molecule has 0 saturated heterocycles. The van der Waals surface area contributed by atoms with Gasteiger partial charge in [0.25, 0.3) is 5.91 Å². The van der Waals surface area contributed by atoms with Gasteiger partial charge < -0.3 is 24.9 Å². The van der Waals surface area contributed by atoms with Crippen molar-refractivity contribution in [2.45, 2.75) is 13.5 Å². The van der Waals surface area contributed by atoms with Crippen molar-refractivity contribution >= 4 is 17.4 Å². The number of hydrogen-bond donors (Lipinski definition) is 2. The van der Waals surface area contributed by atoms with Gasteiger partial charge in [0, 0.05) is 11.6 Å². The summed E-state index contributed by atoms with van der Waals surface area (Å²) < 4.78 is 17.6. The maximum atomic E-state index is 12.8. The second-order valence-electron chi connectivity index (χ2n) is 6.89. The van der Waals surface area contributed by atoms with Crippen LogP contribution in [0.15, 0.2) is 52.9 Å². The summed E-state index contributed by atoms with van der Waals surface area (Å²) in [4.78, 5) is 17.3. The fourth-order valence-electron chi connectivity index (χ4n) is 3.10. The zero-order chi connectivity index (χ0) is 22.7. The van der Waals surface area contributed by atoms with Crippen LogP contribution in [-0.2, 0) is 6.54 Å². The highest BCUT2D eigenvalue weighted by atomic mass is 16.5. The standard InChI is InChI=1S/C22H22N6O4/c1-13-17(25-22(32-13)14-7-5-4-6-8-14)12-28-20(23)19(26-27-28)21(29)24-16-10-9-15(30-2)11-18(16)31-3/h4-11H,12,23H2,1-3H3,(H,24,29). The van der Waals surface area contributed by atoms with Crippen LogP contribution < -0.4 is 20.5 Å². The van der Waals surface area contributed by atoms with Crippen molar-refractivity contribution in [1.29, 1.82) is 0 Å². The number of aryl methyl sites for hydroxylation is 1. The van der Waals surface area contributed by atoms with Crippen LogP contribution in [0.1, 0.15) is 21.9 Å². The van der Waals surface area contributed by atoms with Gasteiger partial charge in [0.2, 0.25) is 5.89 Å². The molecular formula is C22H22N6O4. The highest BCUT2D eigenvalue weighted by Gasteiger charge is 2.21. The second kappa shape index (κ2) is 8.80. The minimum absolute atomic E-state index is 0.00713. The number of nitrogen functional groups attached to an aromatic ring is 1. The first-order valence-electron chi connectivity index (χ1n) is 9.74. The van der Waals surface area contributed by atoms with E-state index < -0.39 is 5.91 Å². The summed E-state index contributed by atoms with van der Waals surface area (Å²) in [6.45, 7) is 2.02. The maximum absolute atomic E-state index is 12.8. The topological polar surface area (TPSA) is 130 Å². The van der Waals surface area contributed by atoms with Gasteiger partial charge in [-0.05, 0) is 31.2 Å². The molecule has 164 valence electrons. The molecule has 4 aromatic rings. The third kappa shape index (κ3) is 4.10. The van der Waals surface area contributed by atoms with Crippen LogP contribution in [0.25, 0.3) is 11.5 Å². The van der Waals surface area contributed by atoms with Gasteiger partial charge in [0.05, 0.1) is 26.5 Å². The number of nitrogens with two attached hydrogens (primary N) is 1. The summed E-state index contributed by atoms with van der Waals surface area (Å²) in [6.07, 6.45) is 0. The summed E-state index contributed by atoms with van der Waals surface area (Å²) in [5.41, 5.74) is 8.11. The van der Waals surface area contributed by atoms with Crippen LogP contribution in [-0.4, -0.2) is 40.1 Å². The minimum Gasteiger partial charge on any atom is -0.497 e. The lowest BCUT2D eigenvalue weighted by molar-refractivity contribution is 0.102. The SMILES string of the molecule is COc1ccc(NC(=O)c2nnn(Cc3nc(-c4ccccc4)oc3C)c2N)c(OC)c1. The van der Waals surface area contributed by atoms with E-state index in [4.69, 9.17) is 19.6 Å². The first kappa shape index (κ1) is 20.9. The first-order valence-corrected chi connectivity index (χ1v) is 9.74. The highest BCUT2D eigenvalue weighted by molar-refractivity contribution is 6.06. The highest BCUT2D eigenvalue weighted by Crippen LogP contribution is 2.29. The molecule has 3 N–H and O–H groups in total. The largest absolute Gasteiger partial charge is 0.497 e. The number of benzene rings is 2. The molecule has 32 heavy (non-hydrogen) atoms. The van der Waals surface area contributed by atoms with Gasteiger partial charge in [-0.2, -0.15) is 0 Å². The number of carbonyl (C=O) groups excluding carboxylic acids is 1. The van der Waals surface area contributed by atoms with Crippen molar-refractivity contribution < 1.29 is 18.7 Å². The number of aromatic nitrogens is 4. The number of nitrogens with zero attached hydrogens (tertiary/aromatic N) is 4. The summed E-state index contributed by atoms with van der Waals surface area (Å²) in [5.74, 6) is 1.77. The molecule has 2 aromatic heterocycles. The molecule has 0 saturated carbocycles. The number of carbonyl (C=O) groups is 1. The average molecular weight is 434 g/mol. The zero-order valence-electron chi connectivity index (χ0n) is 17.8. The molecule has 0 radical (unpaired) electrons. The number of methoxy groups -OCH3 is 2. The summed E-state index contributed by atoms with van der Waals surface area (Å²) in [5, 5.41) is 10.7. The summed E-state index contributed by atoms with van der Waals surface area (Å²) in [7, 11) is 3.05. The smallest absolute Gasteiger partial charge is 0.280 e. The van der Waals surface area contributed by atoms with Crippen molar-refractivity contribution in [3.63, 3.8) is 0 Å². The fraction of sp³-hybridized carbons (Fsp3) is 0.182. The van der Waals surface area contributed by atoms with E-state index in [0.29, 0.717) is 34.5 Å². The Kier molecular flexibility index (Phi) is 5.75. The molecule has 0 aliphatic carbocycles. The van der Waals surface area contributed by atoms with Crippen LogP contribution in [0.4, 0.5) is 11.5 Å². The van der Waals surface area contributed by atoms with Gasteiger partial charge >= 0.3 is 0 Å². The Morgan fingerprint density at radius 3 is 2.66 bits per heavy atom. The number of hydrogen-bond acceptors (Lipinski definition) is 8. The van der Waals surface area contributed by atoms with E-state index in [2.05, 4.69) is 20.6 Å². The van der Waals surface area contributed by atoms with Crippen molar-refractivity contribution in [2.24, 2.45) is 0 Å². The van der Waals surface area contributed by atoms with E-state index in [1.807, 2.05) is 37.3 Å². The van der Waals surface area contributed by atoms with Crippen LogP contribution in [0.2, 0.25) is 0 Å². The van der Waals surface area contributed by atoms with Crippen LogP contribution in [0.3, 0.4) is 0 Å². The van der Waals surface area contributed by atoms with E-state index in [1.54, 1.807) is 25.3 Å². The van der Waals surface area contributed by atoms with Crippen molar-refractivity contribution in [1.82, 2.24) is 20.0 Å². The molecule has 2 aromatic carbocycles. The van der Waals surface area contributed by atoms with Crippen LogP contribution in [0.5, 0.6) is 11.5 Å². The second-order valence-corrected chi connectivity index (χ2v) is 6.89. The fourth-order valence-corrected chi connectivity index (χ4v) is 3.10. The lowest BCUT2D eigenvalue weighted by Crippen LogP contribution is -2.16. The van der Waals surface area contributed by atoms with Crippen LogP contribution >= 0.6 is 0 Å². The number of anilines is 2. The lowest BCUT2D eigenvalue weighted by atomic mass is 10.2. The van der Waals surface area contributed by atoms with Gasteiger partial charge in [-0.15, -0.1) is 5.10 Å². The Labute approximate surface area is 184 Å². The van der Waals surface area contributed by atoms with Crippen molar-refractivity contribution in [2.75, 3.05) is 25.3 Å². The van der Waals surface area contributed by atoms with Crippen molar-refractivity contribution in [3.05, 3.63) is 65.7 Å². The molecule has 10 heteroatoms. The summed E-state index contributed by atoms with van der Waals surface area (Å²) >= 11 is 0. The van der Waals surface area contributed by atoms with E-state index in [1.165, 1.54) is 11.8 Å². The quantitative estimate of drug-likeness (QED) is 0.454. The molecule has 1 amide bonds. The van der Waals surface area contributed by atoms with Gasteiger partial charge in [-0.1, -0.05) is 23.4 Å². The van der Waals surface area contributed by atoms with E-state index >= 15 is 0 Å². The molecular weight excluding hydrogens is 412 g/mol. The van der Waals surface area contributed by atoms with E-state index in [-0.39, 0.29) is 18.1 Å². The van der Waals surface area contributed by atoms with Gasteiger partial charge in [0.15, 0.2) is 11.5 Å². The van der Waals surface area contributed by atoms with Crippen LogP contribution in [0, 0.1) is 6.92 Å². The van der Waals surface area contributed by atoms with Gasteiger partial charge in [0.1, 0.15) is 23.0 Å². The zero-order valence-corrected chi connectivity index (χ0v) is 17.8. The van der Waals surface area contributed by atoms with Crippen molar-refractivity contribution in [3.8, 4) is 23.0 Å². The minimum atomic E-state index is -0.515. The predicted octanol–water partition coefficient (Wildman–Crippen LogP) is 3.14. The lowest BCUT2D eigenvalue weighted by Gasteiger charge is -2.11. The molecule has 0 bridgehead atoms. The first-order chi connectivity index (χ1) is 15.5. The third-order valence-corrected chi connectivity index (χ3v) is 4.86. The number of oxazole rings is 1. The van der Waals surface area contributed by atoms with E-state index in [9.17, 15) is 4.79 Å². The Bertz CT molecular complexity index is 1250. The maximum Gasteiger partial charge on any atom is 0.280 e.